The first-order chi connectivity index (χ1) is 9.97. The maximum absolute atomic E-state index is 12.1. The Hall–Kier alpha value is -2.62. The number of hydrogen-bond acceptors (Lipinski definition) is 2. The van der Waals surface area contributed by atoms with Crippen LogP contribution in [0.3, 0.4) is 0 Å². The van der Waals surface area contributed by atoms with Gasteiger partial charge in [0.05, 0.1) is 0 Å². The maximum Gasteiger partial charge on any atom is 0.255 e. The highest BCUT2D eigenvalue weighted by atomic mass is 16.2. The standard InChI is InChI=1S/C17H17N2O2/c1-12-7-9-13(10-8-12)16(20)18-15-6-4-5-14(11-15)17(21)19(2)3/h5-11H,1-3H3,(H,18,20). The fourth-order valence-corrected chi connectivity index (χ4v) is 1.83. The van der Waals surface area contributed by atoms with E-state index in [0.29, 0.717) is 16.8 Å². The SMILES string of the molecule is Cc1ccc(C(=O)Nc2c[c]cc(C(=O)N(C)C)c2)cc1. The largest absolute Gasteiger partial charge is 0.345 e. The van der Waals surface area contributed by atoms with Crippen LogP contribution in [0.1, 0.15) is 26.3 Å². The van der Waals surface area contributed by atoms with Gasteiger partial charge in [0.2, 0.25) is 0 Å². The lowest BCUT2D eigenvalue weighted by Gasteiger charge is -2.11. The molecule has 0 fully saturated rings. The van der Waals surface area contributed by atoms with Crippen molar-refractivity contribution in [1.29, 1.82) is 0 Å². The van der Waals surface area contributed by atoms with Gasteiger partial charge in [-0.05, 0) is 43.3 Å². The second-order valence-electron chi connectivity index (χ2n) is 5.03. The summed E-state index contributed by atoms with van der Waals surface area (Å²) in [6.07, 6.45) is 0. The third-order valence-electron chi connectivity index (χ3n) is 3.01. The molecule has 0 bridgehead atoms. The van der Waals surface area contributed by atoms with E-state index in [9.17, 15) is 9.59 Å². The third kappa shape index (κ3) is 3.69. The molecule has 0 heterocycles. The van der Waals surface area contributed by atoms with E-state index in [1.54, 1.807) is 44.4 Å². The lowest BCUT2D eigenvalue weighted by molar-refractivity contribution is 0.0827. The number of nitrogens with zero attached hydrogens (tertiary/aromatic N) is 1. The van der Waals surface area contributed by atoms with Crippen LogP contribution in [-0.4, -0.2) is 30.8 Å². The summed E-state index contributed by atoms with van der Waals surface area (Å²) in [6.45, 7) is 1.97. The van der Waals surface area contributed by atoms with E-state index >= 15 is 0 Å². The fraction of sp³-hybridized carbons (Fsp3) is 0.176. The van der Waals surface area contributed by atoms with Gasteiger partial charge in [-0.2, -0.15) is 0 Å². The zero-order valence-corrected chi connectivity index (χ0v) is 12.3. The summed E-state index contributed by atoms with van der Waals surface area (Å²) in [7, 11) is 3.36. The van der Waals surface area contributed by atoms with Gasteiger partial charge in [0, 0.05) is 30.9 Å². The van der Waals surface area contributed by atoms with Crippen molar-refractivity contribution in [2.75, 3.05) is 19.4 Å². The molecule has 0 saturated carbocycles. The van der Waals surface area contributed by atoms with Gasteiger partial charge < -0.3 is 10.2 Å². The Morgan fingerprint density at radius 3 is 2.33 bits per heavy atom. The van der Waals surface area contributed by atoms with Gasteiger partial charge in [-0.15, -0.1) is 0 Å². The molecule has 0 unspecified atom stereocenters. The second-order valence-corrected chi connectivity index (χ2v) is 5.03. The van der Waals surface area contributed by atoms with Crippen molar-refractivity contribution in [3.8, 4) is 0 Å². The van der Waals surface area contributed by atoms with Crippen LogP contribution in [-0.2, 0) is 0 Å². The Kier molecular flexibility index (Phi) is 4.38. The maximum atomic E-state index is 12.1. The first-order valence-electron chi connectivity index (χ1n) is 6.58. The molecule has 2 rings (SSSR count). The molecule has 2 aromatic carbocycles. The molecule has 0 atom stereocenters. The number of amides is 2. The third-order valence-corrected chi connectivity index (χ3v) is 3.01. The molecule has 1 radical (unpaired) electrons. The summed E-state index contributed by atoms with van der Waals surface area (Å²) in [6, 6.07) is 15.0. The normalized spacial score (nSPS) is 10.0. The van der Waals surface area contributed by atoms with E-state index in [2.05, 4.69) is 11.4 Å². The van der Waals surface area contributed by atoms with E-state index in [1.807, 2.05) is 19.1 Å². The van der Waals surface area contributed by atoms with Crippen LogP contribution in [0.15, 0.2) is 42.5 Å². The summed E-state index contributed by atoms with van der Waals surface area (Å²) in [5, 5.41) is 2.77. The summed E-state index contributed by atoms with van der Waals surface area (Å²) in [4.78, 5) is 25.5. The van der Waals surface area contributed by atoms with Gasteiger partial charge in [-0.25, -0.2) is 0 Å². The van der Waals surface area contributed by atoms with Gasteiger partial charge in [-0.3, -0.25) is 9.59 Å². The molecule has 2 aromatic rings. The fourth-order valence-electron chi connectivity index (χ4n) is 1.83. The van der Waals surface area contributed by atoms with Crippen LogP contribution in [0.5, 0.6) is 0 Å². The molecule has 21 heavy (non-hydrogen) atoms. The summed E-state index contributed by atoms with van der Waals surface area (Å²) in [5.74, 6) is -0.337. The number of hydrogen-bond donors (Lipinski definition) is 1. The number of nitrogens with one attached hydrogen (secondary N) is 1. The minimum absolute atomic E-state index is 0.127. The molecule has 4 heteroatoms. The Morgan fingerprint density at radius 1 is 1.05 bits per heavy atom. The zero-order chi connectivity index (χ0) is 15.4. The number of anilines is 1. The van der Waals surface area contributed by atoms with E-state index < -0.39 is 0 Å². The first kappa shape index (κ1) is 14.8. The molecule has 107 valence electrons. The van der Waals surface area contributed by atoms with E-state index in [0.717, 1.165) is 5.56 Å². The topological polar surface area (TPSA) is 49.4 Å². The summed E-state index contributed by atoms with van der Waals surface area (Å²) < 4.78 is 0. The Bertz CT molecular complexity index is 661. The van der Waals surface area contributed by atoms with Gasteiger partial charge in [0.15, 0.2) is 0 Å². The van der Waals surface area contributed by atoms with Crippen LogP contribution in [0.2, 0.25) is 0 Å². The first-order valence-corrected chi connectivity index (χ1v) is 6.58. The lowest BCUT2D eigenvalue weighted by atomic mass is 10.1. The monoisotopic (exact) mass is 281 g/mol. The van der Waals surface area contributed by atoms with Crippen molar-refractivity contribution in [3.63, 3.8) is 0 Å². The highest BCUT2D eigenvalue weighted by molar-refractivity contribution is 6.05. The number of carbonyl (C=O) groups is 2. The van der Waals surface area contributed by atoms with Crippen molar-refractivity contribution in [2.45, 2.75) is 6.92 Å². The molecule has 0 aliphatic carbocycles. The number of aryl methyl sites for hydroxylation is 1. The predicted molar refractivity (Wildman–Crippen MR) is 82.4 cm³/mol. The molecule has 0 aliphatic rings. The van der Waals surface area contributed by atoms with Crippen molar-refractivity contribution in [3.05, 3.63) is 65.2 Å². The van der Waals surface area contributed by atoms with Crippen LogP contribution in [0.25, 0.3) is 0 Å². The molecular formula is C17H17N2O2. The Labute approximate surface area is 124 Å². The van der Waals surface area contributed by atoms with Crippen LogP contribution < -0.4 is 5.32 Å². The molecular weight excluding hydrogens is 264 g/mol. The van der Waals surface area contributed by atoms with Crippen LogP contribution in [0, 0.1) is 13.0 Å². The van der Waals surface area contributed by atoms with Gasteiger partial charge in [-0.1, -0.05) is 17.7 Å². The average Bonchev–Trinajstić information content (AvgIpc) is 2.47. The van der Waals surface area contributed by atoms with Gasteiger partial charge in [0.1, 0.15) is 0 Å². The van der Waals surface area contributed by atoms with E-state index in [-0.39, 0.29) is 11.8 Å². The molecule has 0 saturated heterocycles. The molecule has 1 N–H and O–H groups in total. The highest BCUT2D eigenvalue weighted by Crippen LogP contribution is 2.13. The Balaban J connectivity index is 2.16. The molecule has 0 aliphatic heterocycles. The lowest BCUT2D eigenvalue weighted by Crippen LogP contribution is -2.22. The second kappa shape index (κ2) is 6.22. The highest BCUT2D eigenvalue weighted by Gasteiger charge is 2.10. The van der Waals surface area contributed by atoms with E-state index in [1.165, 1.54) is 4.90 Å². The van der Waals surface area contributed by atoms with Crippen molar-refractivity contribution >= 4 is 17.5 Å². The number of rotatable bonds is 3. The summed E-state index contributed by atoms with van der Waals surface area (Å²) in [5.41, 5.74) is 2.71. The molecule has 2 amide bonds. The quantitative estimate of drug-likeness (QED) is 0.940. The predicted octanol–water partition coefficient (Wildman–Crippen LogP) is 2.75. The van der Waals surface area contributed by atoms with Crippen LogP contribution >= 0.6 is 0 Å². The van der Waals surface area contributed by atoms with E-state index in [4.69, 9.17) is 0 Å². The van der Waals surface area contributed by atoms with Crippen molar-refractivity contribution < 1.29 is 9.59 Å². The zero-order valence-electron chi connectivity index (χ0n) is 12.3. The smallest absolute Gasteiger partial charge is 0.255 e. The number of carbonyl (C=O) groups excluding carboxylic acids is 2. The number of benzene rings is 2. The minimum Gasteiger partial charge on any atom is -0.345 e. The summed E-state index contributed by atoms with van der Waals surface area (Å²) >= 11 is 0. The van der Waals surface area contributed by atoms with Crippen molar-refractivity contribution in [1.82, 2.24) is 4.90 Å². The minimum atomic E-state index is -0.210. The van der Waals surface area contributed by atoms with Crippen LogP contribution in [0.4, 0.5) is 5.69 Å². The molecule has 4 nitrogen and oxygen atoms in total. The molecule has 0 aromatic heterocycles. The van der Waals surface area contributed by atoms with Gasteiger partial charge >= 0.3 is 0 Å². The Morgan fingerprint density at radius 2 is 1.71 bits per heavy atom. The van der Waals surface area contributed by atoms with Gasteiger partial charge in [0.25, 0.3) is 11.8 Å². The molecule has 0 spiro atoms. The van der Waals surface area contributed by atoms with Crippen molar-refractivity contribution in [2.24, 2.45) is 0 Å². The average molecular weight is 281 g/mol.